The summed E-state index contributed by atoms with van der Waals surface area (Å²) in [6.07, 6.45) is 5.83. The fourth-order valence-corrected chi connectivity index (χ4v) is 2.96. The largest absolute Gasteiger partial charge is 0.363 e. The first-order chi connectivity index (χ1) is 8.77. The van der Waals surface area contributed by atoms with E-state index in [0.717, 1.165) is 24.2 Å². The first kappa shape index (κ1) is 11.1. The molecule has 0 bridgehead atoms. The molecule has 0 aromatic carbocycles. The van der Waals surface area contributed by atoms with Gasteiger partial charge >= 0.3 is 0 Å². The van der Waals surface area contributed by atoms with Crippen LogP contribution in [0, 0.1) is 0 Å². The number of hydrogen-bond donors (Lipinski definition) is 2. The Labute approximate surface area is 106 Å². The van der Waals surface area contributed by atoms with E-state index in [0.29, 0.717) is 0 Å². The van der Waals surface area contributed by atoms with Crippen LogP contribution in [-0.2, 0) is 4.79 Å². The molecule has 3 heterocycles. The average Bonchev–Trinajstić information content (AvgIpc) is 3.10. The zero-order valence-corrected chi connectivity index (χ0v) is 10.4. The van der Waals surface area contributed by atoms with Crippen LogP contribution >= 0.6 is 0 Å². The van der Waals surface area contributed by atoms with Crippen molar-refractivity contribution >= 4 is 5.91 Å². The third-order valence-corrected chi connectivity index (χ3v) is 3.71. The van der Waals surface area contributed by atoms with Crippen LogP contribution in [0.2, 0.25) is 0 Å². The highest BCUT2D eigenvalue weighted by molar-refractivity contribution is 5.74. The van der Waals surface area contributed by atoms with Gasteiger partial charge in [-0.1, -0.05) is 0 Å². The first-order valence-electron chi connectivity index (χ1n) is 6.33. The van der Waals surface area contributed by atoms with E-state index >= 15 is 0 Å². The molecule has 1 saturated heterocycles. The van der Waals surface area contributed by atoms with Crippen LogP contribution in [0.3, 0.4) is 0 Å². The van der Waals surface area contributed by atoms with E-state index in [1.54, 1.807) is 6.92 Å². The van der Waals surface area contributed by atoms with Crippen molar-refractivity contribution in [2.45, 2.75) is 31.8 Å². The Kier molecular flexibility index (Phi) is 2.70. The zero-order valence-electron chi connectivity index (χ0n) is 10.4. The van der Waals surface area contributed by atoms with Crippen molar-refractivity contribution in [3.63, 3.8) is 0 Å². The van der Waals surface area contributed by atoms with Gasteiger partial charge in [0.05, 0.1) is 12.1 Å². The molecule has 18 heavy (non-hydrogen) atoms. The number of nitrogens with zero attached hydrogens (tertiary/aromatic N) is 1. The molecule has 1 aliphatic heterocycles. The molecule has 0 spiro atoms. The number of nitrogens with one attached hydrogen (secondary N) is 2. The third-order valence-electron chi connectivity index (χ3n) is 3.71. The highest BCUT2D eigenvalue weighted by atomic mass is 16.2. The Hall–Kier alpha value is -1.97. The normalized spacial score (nSPS) is 23.5. The molecule has 1 fully saturated rings. The molecule has 4 nitrogen and oxygen atoms in total. The molecule has 2 aromatic rings. The Bertz CT molecular complexity index is 473. The van der Waals surface area contributed by atoms with Gasteiger partial charge in [-0.15, -0.1) is 0 Å². The van der Waals surface area contributed by atoms with E-state index in [2.05, 4.69) is 22.1 Å². The van der Waals surface area contributed by atoms with Gasteiger partial charge in [-0.3, -0.25) is 4.79 Å². The van der Waals surface area contributed by atoms with E-state index in [1.807, 2.05) is 29.4 Å². The molecule has 4 heteroatoms. The van der Waals surface area contributed by atoms with Crippen molar-refractivity contribution in [1.29, 1.82) is 0 Å². The molecule has 2 N–H and O–H groups in total. The van der Waals surface area contributed by atoms with Gasteiger partial charge in [0.2, 0.25) is 5.91 Å². The summed E-state index contributed by atoms with van der Waals surface area (Å²) in [6.45, 7) is 1.65. The molecule has 1 amide bonds. The van der Waals surface area contributed by atoms with Crippen molar-refractivity contribution in [2.24, 2.45) is 0 Å². The summed E-state index contributed by atoms with van der Waals surface area (Å²) in [6, 6.07) is 8.41. The van der Waals surface area contributed by atoms with Crippen LogP contribution in [0.4, 0.5) is 0 Å². The number of aromatic nitrogens is 2. The number of carbonyl (C=O) groups excluding carboxylic acids is 1. The Morgan fingerprint density at radius 1 is 1.11 bits per heavy atom. The molecule has 1 aliphatic rings. The summed E-state index contributed by atoms with van der Waals surface area (Å²) in [5.41, 5.74) is 2.25. The number of carbonyl (C=O) groups is 1. The zero-order chi connectivity index (χ0) is 12.5. The van der Waals surface area contributed by atoms with Crippen LogP contribution in [0.25, 0.3) is 0 Å². The number of aromatic amines is 2. The minimum absolute atomic E-state index is 0.131. The lowest BCUT2D eigenvalue weighted by molar-refractivity contribution is -0.132. The first-order valence-corrected chi connectivity index (χ1v) is 6.33. The third kappa shape index (κ3) is 1.74. The predicted molar refractivity (Wildman–Crippen MR) is 68.8 cm³/mol. The fraction of sp³-hybridized carbons (Fsp3) is 0.357. The number of rotatable bonds is 2. The van der Waals surface area contributed by atoms with Crippen molar-refractivity contribution in [2.75, 3.05) is 0 Å². The highest BCUT2D eigenvalue weighted by Crippen LogP contribution is 2.42. The van der Waals surface area contributed by atoms with Gasteiger partial charge in [-0.05, 0) is 37.1 Å². The Morgan fingerprint density at radius 3 is 1.94 bits per heavy atom. The molecule has 0 aliphatic carbocycles. The maximum atomic E-state index is 12.0. The molecule has 2 atom stereocenters. The van der Waals surface area contributed by atoms with E-state index in [1.165, 1.54) is 0 Å². The highest BCUT2D eigenvalue weighted by Gasteiger charge is 2.37. The number of amides is 1. The predicted octanol–water partition coefficient (Wildman–Crippen LogP) is 2.77. The van der Waals surface area contributed by atoms with E-state index in [4.69, 9.17) is 0 Å². The lowest BCUT2D eigenvalue weighted by atomic mass is 10.1. The maximum absolute atomic E-state index is 12.0. The van der Waals surface area contributed by atoms with Gasteiger partial charge < -0.3 is 14.9 Å². The number of hydrogen-bond acceptors (Lipinski definition) is 1. The SMILES string of the molecule is CC(=O)N1[C@@H](c2ccc[nH]2)CC[C@@H]1c1ccc[nH]1. The van der Waals surface area contributed by atoms with Crippen LogP contribution in [0.5, 0.6) is 0 Å². The van der Waals surface area contributed by atoms with Crippen molar-refractivity contribution in [1.82, 2.24) is 14.9 Å². The summed E-state index contributed by atoms with van der Waals surface area (Å²) < 4.78 is 0. The van der Waals surface area contributed by atoms with E-state index in [9.17, 15) is 4.79 Å². The topological polar surface area (TPSA) is 51.9 Å². The van der Waals surface area contributed by atoms with Crippen LogP contribution in [0.1, 0.15) is 43.2 Å². The van der Waals surface area contributed by atoms with Gasteiger partial charge in [-0.2, -0.15) is 0 Å². The van der Waals surface area contributed by atoms with Gasteiger partial charge in [0.1, 0.15) is 0 Å². The second-order valence-electron chi connectivity index (χ2n) is 4.79. The standard InChI is InChI=1S/C14H17N3O/c1-10(18)17-13(11-4-2-8-15-11)6-7-14(17)12-5-3-9-16-12/h2-5,8-9,13-16H,6-7H2,1H3/t13-,14-/m1/s1. The Morgan fingerprint density at radius 2 is 1.61 bits per heavy atom. The lowest BCUT2D eigenvalue weighted by Crippen LogP contribution is -2.31. The van der Waals surface area contributed by atoms with Gasteiger partial charge in [-0.25, -0.2) is 0 Å². The monoisotopic (exact) mass is 243 g/mol. The molecule has 3 rings (SSSR count). The average molecular weight is 243 g/mol. The summed E-state index contributed by atoms with van der Waals surface area (Å²) in [5.74, 6) is 0.131. The van der Waals surface area contributed by atoms with Gasteiger partial charge in [0.25, 0.3) is 0 Å². The second-order valence-corrected chi connectivity index (χ2v) is 4.79. The minimum Gasteiger partial charge on any atom is -0.363 e. The lowest BCUT2D eigenvalue weighted by Gasteiger charge is -2.28. The van der Waals surface area contributed by atoms with Gasteiger partial charge in [0, 0.05) is 30.7 Å². The fourth-order valence-electron chi connectivity index (χ4n) is 2.96. The van der Waals surface area contributed by atoms with Crippen molar-refractivity contribution in [3.05, 3.63) is 48.0 Å². The smallest absolute Gasteiger partial charge is 0.220 e. The minimum atomic E-state index is 0.131. The Balaban J connectivity index is 1.93. The van der Waals surface area contributed by atoms with E-state index < -0.39 is 0 Å². The summed E-state index contributed by atoms with van der Waals surface area (Å²) in [7, 11) is 0. The van der Waals surface area contributed by atoms with Gasteiger partial charge in [0.15, 0.2) is 0 Å². The molecule has 0 radical (unpaired) electrons. The molecule has 0 saturated carbocycles. The second kappa shape index (κ2) is 4.37. The summed E-state index contributed by atoms with van der Waals surface area (Å²) in [4.78, 5) is 20.4. The molecular formula is C14H17N3O. The maximum Gasteiger partial charge on any atom is 0.220 e. The summed E-state index contributed by atoms with van der Waals surface area (Å²) >= 11 is 0. The van der Waals surface area contributed by atoms with E-state index in [-0.39, 0.29) is 18.0 Å². The number of likely N-dealkylation sites (tertiary alicyclic amines) is 1. The molecule has 0 unspecified atom stereocenters. The quantitative estimate of drug-likeness (QED) is 0.837. The summed E-state index contributed by atoms with van der Waals surface area (Å²) in [5, 5.41) is 0. The van der Waals surface area contributed by atoms with Crippen molar-refractivity contribution < 1.29 is 4.79 Å². The molecule has 94 valence electrons. The van der Waals surface area contributed by atoms with Crippen LogP contribution < -0.4 is 0 Å². The molecular weight excluding hydrogens is 226 g/mol. The van der Waals surface area contributed by atoms with Crippen molar-refractivity contribution in [3.8, 4) is 0 Å². The molecule has 2 aromatic heterocycles. The number of H-pyrrole nitrogens is 2. The van der Waals surface area contributed by atoms with Crippen LogP contribution in [-0.4, -0.2) is 20.8 Å². The van der Waals surface area contributed by atoms with Crippen LogP contribution in [0.15, 0.2) is 36.7 Å².